The van der Waals surface area contributed by atoms with Crippen LogP contribution in [-0.4, -0.2) is 34.6 Å². The lowest BCUT2D eigenvalue weighted by molar-refractivity contribution is 0.0539. The summed E-state index contributed by atoms with van der Waals surface area (Å²) < 4.78 is 0. The van der Waals surface area contributed by atoms with Gasteiger partial charge in [-0.25, -0.2) is 0 Å². The Morgan fingerprint density at radius 3 is 2.25 bits per heavy atom. The van der Waals surface area contributed by atoms with E-state index in [1.807, 2.05) is 39.0 Å². The maximum Gasteiger partial charge on any atom is 0.254 e. The Bertz CT molecular complexity index is 335. The lowest BCUT2D eigenvalue weighted by atomic mass is 10.1. The molecule has 3 heteroatoms. The van der Waals surface area contributed by atoms with Crippen molar-refractivity contribution in [3.63, 3.8) is 0 Å². The van der Waals surface area contributed by atoms with Gasteiger partial charge in [0, 0.05) is 11.6 Å². The van der Waals surface area contributed by atoms with Gasteiger partial charge in [-0.15, -0.1) is 0 Å². The number of carbonyl (C=O) groups excluding carboxylic acids is 1. The van der Waals surface area contributed by atoms with Crippen LogP contribution < -0.4 is 0 Å². The van der Waals surface area contributed by atoms with E-state index in [1.54, 1.807) is 17.0 Å². The third-order valence-electron chi connectivity index (χ3n) is 2.55. The minimum Gasteiger partial charge on any atom is -0.394 e. The summed E-state index contributed by atoms with van der Waals surface area (Å²) in [5.41, 5.74) is 0.663. The molecule has 0 unspecified atom stereocenters. The normalized spacial score (nSPS) is 12.6. The number of benzene rings is 1. The second-order valence-corrected chi connectivity index (χ2v) is 4.20. The van der Waals surface area contributed by atoms with Crippen molar-refractivity contribution in [2.75, 3.05) is 6.61 Å². The van der Waals surface area contributed by atoms with Gasteiger partial charge in [0.05, 0.1) is 12.6 Å². The van der Waals surface area contributed by atoms with Crippen LogP contribution >= 0.6 is 0 Å². The molecule has 16 heavy (non-hydrogen) atoms. The minimum absolute atomic E-state index is 0.0171. The first-order chi connectivity index (χ1) is 7.57. The monoisotopic (exact) mass is 221 g/mol. The molecule has 1 rings (SSSR count). The van der Waals surface area contributed by atoms with Gasteiger partial charge in [-0.05, 0) is 32.9 Å². The third kappa shape index (κ3) is 2.83. The molecular formula is C13H19NO2. The van der Waals surface area contributed by atoms with Crippen LogP contribution in [0.1, 0.15) is 31.1 Å². The lowest BCUT2D eigenvalue weighted by Crippen LogP contribution is -2.45. The molecule has 0 radical (unpaired) electrons. The number of amides is 1. The summed E-state index contributed by atoms with van der Waals surface area (Å²) in [5, 5.41) is 9.16. The molecule has 1 N–H and O–H groups in total. The van der Waals surface area contributed by atoms with Crippen molar-refractivity contribution in [3.05, 3.63) is 35.9 Å². The fraction of sp³-hybridized carbons (Fsp3) is 0.462. The van der Waals surface area contributed by atoms with Gasteiger partial charge in [-0.2, -0.15) is 0 Å². The molecule has 0 aromatic heterocycles. The van der Waals surface area contributed by atoms with Gasteiger partial charge in [0.15, 0.2) is 0 Å². The van der Waals surface area contributed by atoms with Crippen LogP contribution in [0, 0.1) is 0 Å². The van der Waals surface area contributed by atoms with E-state index in [4.69, 9.17) is 5.11 Å². The molecule has 0 aliphatic rings. The van der Waals surface area contributed by atoms with Crippen molar-refractivity contribution in [2.24, 2.45) is 0 Å². The predicted octanol–water partition coefficient (Wildman–Crippen LogP) is 1.92. The first-order valence-electron chi connectivity index (χ1n) is 5.56. The minimum atomic E-state index is -0.160. The number of aliphatic hydroxyl groups is 1. The highest BCUT2D eigenvalue weighted by molar-refractivity contribution is 5.94. The van der Waals surface area contributed by atoms with E-state index in [1.165, 1.54) is 0 Å². The molecule has 1 atom stereocenters. The van der Waals surface area contributed by atoms with Crippen LogP contribution in [0.5, 0.6) is 0 Å². The molecule has 0 bridgehead atoms. The zero-order valence-corrected chi connectivity index (χ0v) is 10.1. The van der Waals surface area contributed by atoms with E-state index < -0.39 is 0 Å². The van der Waals surface area contributed by atoms with E-state index in [9.17, 15) is 4.79 Å². The number of aliphatic hydroxyl groups excluding tert-OH is 1. The quantitative estimate of drug-likeness (QED) is 0.843. The zero-order chi connectivity index (χ0) is 12.1. The Hall–Kier alpha value is -1.35. The van der Waals surface area contributed by atoms with Gasteiger partial charge in [0.1, 0.15) is 0 Å². The van der Waals surface area contributed by atoms with Gasteiger partial charge < -0.3 is 10.0 Å². The van der Waals surface area contributed by atoms with Crippen LogP contribution in [0.2, 0.25) is 0 Å². The van der Waals surface area contributed by atoms with E-state index in [-0.39, 0.29) is 24.6 Å². The topological polar surface area (TPSA) is 40.5 Å². The summed E-state index contributed by atoms with van der Waals surface area (Å²) >= 11 is 0. The lowest BCUT2D eigenvalue weighted by Gasteiger charge is -2.31. The summed E-state index contributed by atoms with van der Waals surface area (Å²) in [5.74, 6) is -0.0304. The predicted molar refractivity (Wildman–Crippen MR) is 64.3 cm³/mol. The Morgan fingerprint density at radius 2 is 1.81 bits per heavy atom. The Balaban J connectivity index is 2.92. The smallest absolute Gasteiger partial charge is 0.254 e. The van der Waals surface area contributed by atoms with Crippen molar-refractivity contribution in [3.8, 4) is 0 Å². The second-order valence-electron chi connectivity index (χ2n) is 4.20. The molecule has 0 heterocycles. The first kappa shape index (κ1) is 12.7. The molecule has 3 nitrogen and oxygen atoms in total. The van der Waals surface area contributed by atoms with Gasteiger partial charge in [0.25, 0.3) is 5.91 Å². The number of hydrogen-bond donors (Lipinski definition) is 1. The standard InChI is InChI=1S/C13H19NO2/c1-10(2)14(11(3)9-15)13(16)12-7-5-4-6-8-12/h4-8,10-11,15H,9H2,1-3H3/t11-/m0/s1. The van der Waals surface area contributed by atoms with Crippen LogP contribution in [0.4, 0.5) is 0 Å². The maximum absolute atomic E-state index is 12.2. The van der Waals surface area contributed by atoms with Crippen molar-refractivity contribution < 1.29 is 9.90 Å². The summed E-state index contributed by atoms with van der Waals surface area (Å²) in [4.78, 5) is 13.9. The number of rotatable bonds is 4. The SMILES string of the molecule is CC(C)N(C(=O)c1ccccc1)[C@@H](C)CO. The van der Waals surface area contributed by atoms with Crippen LogP contribution in [-0.2, 0) is 0 Å². The fourth-order valence-corrected chi connectivity index (χ4v) is 1.76. The largest absolute Gasteiger partial charge is 0.394 e. The van der Waals surface area contributed by atoms with Crippen LogP contribution in [0.3, 0.4) is 0 Å². The molecule has 1 aromatic rings. The molecule has 0 aliphatic carbocycles. The molecule has 88 valence electrons. The van der Waals surface area contributed by atoms with Crippen molar-refractivity contribution >= 4 is 5.91 Å². The average molecular weight is 221 g/mol. The molecule has 0 spiro atoms. The van der Waals surface area contributed by atoms with E-state index in [0.29, 0.717) is 5.56 Å². The van der Waals surface area contributed by atoms with Crippen LogP contribution in [0.25, 0.3) is 0 Å². The highest BCUT2D eigenvalue weighted by atomic mass is 16.3. The summed E-state index contributed by atoms with van der Waals surface area (Å²) in [6.45, 7) is 5.73. The first-order valence-corrected chi connectivity index (χ1v) is 5.56. The van der Waals surface area contributed by atoms with Crippen molar-refractivity contribution in [2.45, 2.75) is 32.9 Å². The van der Waals surface area contributed by atoms with Gasteiger partial charge in [-0.1, -0.05) is 18.2 Å². The highest BCUT2D eigenvalue weighted by Gasteiger charge is 2.23. The molecule has 0 saturated carbocycles. The average Bonchev–Trinajstić information content (AvgIpc) is 2.29. The number of hydrogen-bond acceptors (Lipinski definition) is 2. The van der Waals surface area contributed by atoms with Crippen molar-refractivity contribution in [1.82, 2.24) is 4.90 Å². The van der Waals surface area contributed by atoms with Gasteiger partial charge in [-0.3, -0.25) is 4.79 Å². The molecule has 1 aromatic carbocycles. The van der Waals surface area contributed by atoms with E-state index in [2.05, 4.69) is 0 Å². The Morgan fingerprint density at radius 1 is 1.25 bits per heavy atom. The van der Waals surface area contributed by atoms with E-state index >= 15 is 0 Å². The summed E-state index contributed by atoms with van der Waals surface area (Å²) in [6.07, 6.45) is 0. The number of nitrogens with zero attached hydrogens (tertiary/aromatic N) is 1. The molecular weight excluding hydrogens is 202 g/mol. The zero-order valence-electron chi connectivity index (χ0n) is 10.1. The second kappa shape index (κ2) is 5.66. The van der Waals surface area contributed by atoms with Gasteiger partial charge >= 0.3 is 0 Å². The Labute approximate surface area is 96.7 Å². The molecule has 0 fully saturated rings. The Kier molecular flexibility index (Phi) is 4.50. The molecule has 0 saturated heterocycles. The summed E-state index contributed by atoms with van der Waals surface area (Å²) in [6, 6.07) is 9.07. The number of carbonyl (C=O) groups is 1. The third-order valence-corrected chi connectivity index (χ3v) is 2.55. The maximum atomic E-state index is 12.2. The molecule has 0 aliphatic heterocycles. The summed E-state index contributed by atoms with van der Waals surface area (Å²) in [7, 11) is 0. The fourth-order valence-electron chi connectivity index (χ4n) is 1.76. The highest BCUT2D eigenvalue weighted by Crippen LogP contribution is 2.11. The van der Waals surface area contributed by atoms with Gasteiger partial charge in [0.2, 0.25) is 0 Å². The van der Waals surface area contributed by atoms with Crippen molar-refractivity contribution in [1.29, 1.82) is 0 Å². The molecule has 1 amide bonds. The van der Waals surface area contributed by atoms with Crippen LogP contribution in [0.15, 0.2) is 30.3 Å². The van der Waals surface area contributed by atoms with E-state index in [0.717, 1.165) is 0 Å².